The normalized spacial score (nSPS) is 10.7. The Morgan fingerprint density at radius 1 is 1.44 bits per heavy atom. The third-order valence-corrected chi connectivity index (χ3v) is 2.50. The predicted molar refractivity (Wildman–Crippen MR) is 71.0 cm³/mol. The molecule has 1 aromatic carbocycles. The molecule has 0 aliphatic heterocycles. The van der Waals surface area contributed by atoms with Gasteiger partial charge in [0.15, 0.2) is 0 Å². The molecule has 0 radical (unpaired) electrons. The number of rotatable bonds is 6. The van der Waals surface area contributed by atoms with Gasteiger partial charge in [-0.2, -0.15) is 0 Å². The van der Waals surface area contributed by atoms with E-state index in [2.05, 4.69) is 5.32 Å². The van der Waals surface area contributed by atoms with Crippen LogP contribution in [0.2, 0.25) is 0 Å². The minimum atomic E-state index is -0.663. The number of amides is 1. The number of hydrogen-bond donors (Lipinski definition) is 3. The van der Waals surface area contributed by atoms with Gasteiger partial charge < -0.3 is 21.7 Å². The lowest BCUT2D eigenvalue weighted by Crippen LogP contribution is -2.18. The Balaban J connectivity index is 2.70. The van der Waals surface area contributed by atoms with E-state index in [9.17, 15) is 9.18 Å². The summed E-state index contributed by atoms with van der Waals surface area (Å²) in [5, 5.41) is 2.93. The molecule has 5 nitrogen and oxygen atoms in total. The highest BCUT2D eigenvalue weighted by atomic mass is 19.1. The number of nitrogens with two attached hydrogens (primary N) is 2. The minimum Gasteiger partial charge on any atom is -0.398 e. The first-order valence-corrected chi connectivity index (χ1v) is 5.69. The molecule has 0 saturated carbocycles. The van der Waals surface area contributed by atoms with Crippen molar-refractivity contribution in [2.24, 2.45) is 5.73 Å². The summed E-state index contributed by atoms with van der Waals surface area (Å²) < 4.78 is 13.6. The van der Waals surface area contributed by atoms with Crippen LogP contribution >= 0.6 is 0 Å². The number of primary amides is 1. The van der Waals surface area contributed by atoms with Crippen LogP contribution in [0.15, 0.2) is 12.1 Å². The summed E-state index contributed by atoms with van der Waals surface area (Å²) in [6.45, 7) is 1.50. The van der Waals surface area contributed by atoms with E-state index >= 15 is 0 Å². The van der Waals surface area contributed by atoms with Crippen LogP contribution in [0.1, 0.15) is 16.8 Å². The number of nitrogens with zero attached hydrogens (tertiary/aromatic N) is 1. The monoisotopic (exact) mass is 254 g/mol. The van der Waals surface area contributed by atoms with Gasteiger partial charge in [0.2, 0.25) is 0 Å². The van der Waals surface area contributed by atoms with Crippen molar-refractivity contribution in [1.82, 2.24) is 4.90 Å². The van der Waals surface area contributed by atoms with Crippen LogP contribution in [0.3, 0.4) is 0 Å². The average Bonchev–Trinajstić information content (AvgIpc) is 2.25. The van der Waals surface area contributed by atoms with E-state index in [1.165, 1.54) is 6.07 Å². The molecule has 0 bridgehead atoms. The molecule has 0 fully saturated rings. The Labute approximate surface area is 106 Å². The lowest BCUT2D eigenvalue weighted by atomic mass is 10.1. The van der Waals surface area contributed by atoms with Crippen molar-refractivity contribution in [1.29, 1.82) is 0 Å². The maximum absolute atomic E-state index is 13.6. The lowest BCUT2D eigenvalue weighted by molar-refractivity contribution is 0.100. The summed E-state index contributed by atoms with van der Waals surface area (Å²) in [6.07, 6.45) is 0.864. The summed E-state index contributed by atoms with van der Waals surface area (Å²) in [6, 6.07) is 2.46. The van der Waals surface area contributed by atoms with Crippen molar-refractivity contribution in [2.75, 3.05) is 38.2 Å². The van der Waals surface area contributed by atoms with Crippen LogP contribution in [-0.2, 0) is 0 Å². The van der Waals surface area contributed by atoms with E-state index in [1.807, 2.05) is 19.0 Å². The predicted octanol–water partition coefficient (Wildman–Crippen LogP) is 0.870. The van der Waals surface area contributed by atoms with E-state index < -0.39 is 11.7 Å². The molecule has 6 heteroatoms. The zero-order chi connectivity index (χ0) is 13.7. The van der Waals surface area contributed by atoms with Gasteiger partial charge >= 0.3 is 0 Å². The third kappa shape index (κ3) is 3.89. The van der Waals surface area contributed by atoms with Crippen molar-refractivity contribution in [3.63, 3.8) is 0 Å². The van der Waals surface area contributed by atoms with E-state index in [1.54, 1.807) is 0 Å². The Bertz CT molecular complexity index is 434. The standard InChI is InChI=1S/C12H19FN4O/c1-17(2)5-3-4-16-11-6-8(12(15)18)10(14)7-9(11)13/h6-7,16H,3-5,14H2,1-2H3,(H2,15,18). The van der Waals surface area contributed by atoms with Gasteiger partial charge in [-0.05, 0) is 39.2 Å². The SMILES string of the molecule is CN(C)CCCNc1cc(C(N)=O)c(N)cc1F. The van der Waals surface area contributed by atoms with Gasteiger partial charge in [-0.3, -0.25) is 4.79 Å². The molecule has 0 aliphatic carbocycles. The summed E-state index contributed by atoms with van der Waals surface area (Å²) in [7, 11) is 3.93. The first-order chi connectivity index (χ1) is 8.41. The van der Waals surface area contributed by atoms with Gasteiger partial charge in [0.25, 0.3) is 5.91 Å². The maximum Gasteiger partial charge on any atom is 0.250 e. The minimum absolute atomic E-state index is 0.0545. The van der Waals surface area contributed by atoms with Crippen LogP contribution in [0, 0.1) is 5.82 Å². The zero-order valence-electron chi connectivity index (χ0n) is 10.7. The van der Waals surface area contributed by atoms with Crippen molar-refractivity contribution in [3.8, 4) is 0 Å². The van der Waals surface area contributed by atoms with Crippen molar-refractivity contribution >= 4 is 17.3 Å². The molecule has 0 unspecified atom stereocenters. The number of anilines is 2. The first kappa shape index (κ1) is 14.2. The Kier molecular flexibility index (Phi) is 4.91. The van der Waals surface area contributed by atoms with Crippen molar-refractivity contribution < 1.29 is 9.18 Å². The van der Waals surface area contributed by atoms with E-state index in [4.69, 9.17) is 11.5 Å². The average molecular weight is 254 g/mol. The van der Waals surface area contributed by atoms with Crippen LogP contribution in [0.5, 0.6) is 0 Å². The highest BCUT2D eigenvalue weighted by molar-refractivity contribution is 5.99. The summed E-state index contributed by atoms with van der Waals surface area (Å²) in [4.78, 5) is 13.1. The summed E-state index contributed by atoms with van der Waals surface area (Å²) >= 11 is 0. The Hall–Kier alpha value is -1.82. The second kappa shape index (κ2) is 6.20. The van der Waals surface area contributed by atoms with E-state index in [0.717, 1.165) is 19.0 Å². The molecule has 18 heavy (non-hydrogen) atoms. The topological polar surface area (TPSA) is 84.4 Å². The molecule has 100 valence electrons. The number of nitrogens with one attached hydrogen (secondary N) is 1. The van der Waals surface area contributed by atoms with Gasteiger partial charge in [-0.15, -0.1) is 0 Å². The summed E-state index contributed by atoms with van der Waals surface area (Å²) in [5.41, 5.74) is 11.1. The molecule has 0 aliphatic rings. The molecule has 1 aromatic rings. The number of hydrogen-bond acceptors (Lipinski definition) is 4. The molecular formula is C12H19FN4O. The fourth-order valence-corrected chi connectivity index (χ4v) is 1.56. The molecule has 0 saturated heterocycles. The van der Waals surface area contributed by atoms with Gasteiger partial charge in [0.1, 0.15) is 5.82 Å². The van der Waals surface area contributed by atoms with Crippen LogP contribution < -0.4 is 16.8 Å². The van der Waals surface area contributed by atoms with Crippen molar-refractivity contribution in [3.05, 3.63) is 23.5 Å². The molecule has 1 rings (SSSR count). The van der Waals surface area contributed by atoms with Crippen LogP contribution in [0.25, 0.3) is 0 Å². The highest BCUT2D eigenvalue weighted by Crippen LogP contribution is 2.21. The fourth-order valence-electron chi connectivity index (χ4n) is 1.56. The van der Waals surface area contributed by atoms with E-state index in [0.29, 0.717) is 6.54 Å². The van der Waals surface area contributed by atoms with Crippen LogP contribution in [0.4, 0.5) is 15.8 Å². The number of carbonyl (C=O) groups is 1. The van der Waals surface area contributed by atoms with Gasteiger partial charge in [0, 0.05) is 12.2 Å². The van der Waals surface area contributed by atoms with Crippen molar-refractivity contribution in [2.45, 2.75) is 6.42 Å². The molecule has 0 spiro atoms. The third-order valence-electron chi connectivity index (χ3n) is 2.50. The molecule has 0 atom stereocenters. The second-order valence-electron chi connectivity index (χ2n) is 4.37. The molecule has 5 N–H and O–H groups in total. The van der Waals surface area contributed by atoms with Crippen LogP contribution in [-0.4, -0.2) is 38.0 Å². The quantitative estimate of drug-likeness (QED) is 0.519. The Morgan fingerprint density at radius 3 is 2.67 bits per heavy atom. The number of carbonyl (C=O) groups excluding carboxylic acids is 1. The largest absolute Gasteiger partial charge is 0.398 e. The number of nitrogen functional groups attached to an aromatic ring is 1. The highest BCUT2D eigenvalue weighted by Gasteiger charge is 2.11. The second-order valence-corrected chi connectivity index (χ2v) is 4.37. The Morgan fingerprint density at radius 2 is 2.11 bits per heavy atom. The lowest BCUT2D eigenvalue weighted by Gasteiger charge is -2.12. The molecule has 0 aromatic heterocycles. The van der Waals surface area contributed by atoms with Gasteiger partial charge in [0.05, 0.1) is 11.3 Å². The number of halogens is 1. The van der Waals surface area contributed by atoms with Gasteiger partial charge in [-0.25, -0.2) is 4.39 Å². The van der Waals surface area contributed by atoms with E-state index in [-0.39, 0.29) is 16.9 Å². The molecule has 0 heterocycles. The maximum atomic E-state index is 13.6. The van der Waals surface area contributed by atoms with Gasteiger partial charge in [-0.1, -0.05) is 0 Å². The fraction of sp³-hybridized carbons (Fsp3) is 0.417. The summed E-state index contributed by atoms with van der Waals surface area (Å²) in [5.74, 6) is -1.15. The molecule has 1 amide bonds. The first-order valence-electron chi connectivity index (χ1n) is 5.69. The smallest absolute Gasteiger partial charge is 0.250 e. The number of benzene rings is 1. The molecular weight excluding hydrogens is 235 g/mol. The zero-order valence-corrected chi connectivity index (χ0v) is 10.7.